The van der Waals surface area contributed by atoms with Gasteiger partial charge in [0.25, 0.3) is 0 Å². The Hall–Kier alpha value is -2.14. The number of likely N-dealkylation sites (tertiary alicyclic amines) is 1. The molecule has 0 radical (unpaired) electrons. The van der Waals surface area contributed by atoms with E-state index in [1.165, 1.54) is 24.1 Å². The lowest BCUT2D eigenvalue weighted by atomic mass is 9.70. The van der Waals surface area contributed by atoms with Crippen molar-refractivity contribution in [1.29, 1.82) is 0 Å². The minimum Gasteiger partial charge on any atom is -0.336 e. The molecule has 4 heterocycles. The Labute approximate surface area is 167 Å². The second-order valence-corrected chi connectivity index (χ2v) is 8.91. The van der Waals surface area contributed by atoms with Gasteiger partial charge in [-0.05, 0) is 49.1 Å². The van der Waals surface area contributed by atoms with E-state index in [2.05, 4.69) is 51.3 Å². The molecule has 148 valence electrons. The first-order valence-electron chi connectivity index (χ1n) is 10.7. The highest BCUT2D eigenvalue weighted by Gasteiger charge is 2.49. The molecule has 2 bridgehead atoms. The van der Waals surface area contributed by atoms with E-state index in [1.54, 1.807) is 0 Å². The third-order valence-electron chi connectivity index (χ3n) is 7.17. The minimum atomic E-state index is 0.339. The first-order valence-corrected chi connectivity index (χ1v) is 10.7. The van der Waals surface area contributed by atoms with Crippen LogP contribution in [0.3, 0.4) is 0 Å². The van der Waals surface area contributed by atoms with Gasteiger partial charge in [0.1, 0.15) is 0 Å². The molecule has 5 rings (SSSR count). The average Bonchev–Trinajstić information content (AvgIpc) is 3.10. The highest BCUT2D eigenvalue weighted by molar-refractivity contribution is 5.78. The van der Waals surface area contributed by atoms with Crippen molar-refractivity contribution < 1.29 is 4.79 Å². The summed E-state index contributed by atoms with van der Waals surface area (Å²) < 4.78 is 1.99. The van der Waals surface area contributed by atoms with Crippen molar-refractivity contribution in [3.8, 4) is 0 Å². The van der Waals surface area contributed by atoms with Crippen LogP contribution >= 0.6 is 0 Å². The van der Waals surface area contributed by atoms with Crippen LogP contribution in [0.15, 0.2) is 42.6 Å². The second-order valence-electron chi connectivity index (χ2n) is 8.91. The van der Waals surface area contributed by atoms with Crippen molar-refractivity contribution >= 4 is 5.91 Å². The standard InChI is InChI=1S/C23H30N4O/c1-25-20(10-11-24-25)16-26-14-18-13-19(15-26)22(12-17-6-3-2-4-7-17)27-21(18)8-5-9-23(27)28/h2-4,6-7,10-11,18-19,21-22H,5,8-9,12-16H2,1H3/t18-,19+,21+,22+/m1/s1. The van der Waals surface area contributed by atoms with E-state index in [1.807, 2.05) is 17.9 Å². The Morgan fingerprint density at radius 1 is 1.11 bits per heavy atom. The molecule has 5 heteroatoms. The lowest BCUT2D eigenvalue weighted by Crippen LogP contribution is -2.65. The Balaban J connectivity index is 1.41. The summed E-state index contributed by atoms with van der Waals surface area (Å²) in [6, 6.07) is 13.6. The number of carbonyl (C=O) groups is 1. The monoisotopic (exact) mass is 378 g/mol. The average molecular weight is 379 g/mol. The van der Waals surface area contributed by atoms with Crippen LogP contribution < -0.4 is 0 Å². The third kappa shape index (κ3) is 3.26. The first kappa shape index (κ1) is 17.9. The predicted octanol–water partition coefficient (Wildman–Crippen LogP) is 2.86. The molecule has 5 nitrogen and oxygen atoms in total. The van der Waals surface area contributed by atoms with E-state index in [0.717, 1.165) is 38.9 Å². The Kier molecular flexibility index (Phi) is 4.71. The molecular formula is C23H30N4O. The van der Waals surface area contributed by atoms with Gasteiger partial charge in [0.05, 0.1) is 5.69 Å². The fraction of sp³-hybridized carbons (Fsp3) is 0.565. The molecule has 1 aromatic carbocycles. The number of aromatic nitrogens is 2. The molecule has 28 heavy (non-hydrogen) atoms. The number of carbonyl (C=O) groups excluding carboxylic acids is 1. The van der Waals surface area contributed by atoms with Gasteiger partial charge in [0.2, 0.25) is 5.91 Å². The van der Waals surface area contributed by atoms with Gasteiger partial charge in [-0.1, -0.05) is 30.3 Å². The molecule has 0 N–H and O–H groups in total. The topological polar surface area (TPSA) is 41.4 Å². The molecular weight excluding hydrogens is 348 g/mol. The van der Waals surface area contributed by atoms with Crippen molar-refractivity contribution in [3.63, 3.8) is 0 Å². The van der Waals surface area contributed by atoms with E-state index in [0.29, 0.717) is 29.8 Å². The molecule has 0 spiro atoms. The maximum absolute atomic E-state index is 12.9. The van der Waals surface area contributed by atoms with Gasteiger partial charge < -0.3 is 4.90 Å². The number of amides is 1. The van der Waals surface area contributed by atoms with E-state index >= 15 is 0 Å². The number of aryl methyl sites for hydroxylation is 1. The van der Waals surface area contributed by atoms with Gasteiger partial charge in [0.15, 0.2) is 0 Å². The molecule has 0 aliphatic carbocycles. The minimum absolute atomic E-state index is 0.339. The molecule has 4 atom stereocenters. The largest absolute Gasteiger partial charge is 0.336 e. The lowest BCUT2D eigenvalue weighted by molar-refractivity contribution is -0.152. The smallest absolute Gasteiger partial charge is 0.223 e. The maximum Gasteiger partial charge on any atom is 0.223 e. The van der Waals surface area contributed by atoms with Crippen LogP contribution in [0.5, 0.6) is 0 Å². The second kappa shape index (κ2) is 7.36. The third-order valence-corrected chi connectivity index (χ3v) is 7.17. The van der Waals surface area contributed by atoms with Gasteiger partial charge in [-0.25, -0.2) is 0 Å². The van der Waals surface area contributed by atoms with Crippen LogP contribution in [0.25, 0.3) is 0 Å². The molecule has 3 saturated heterocycles. The highest BCUT2D eigenvalue weighted by Crippen LogP contribution is 2.42. The van der Waals surface area contributed by atoms with Crippen molar-refractivity contribution in [2.24, 2.45) is 18.9 Å². The summed E-state index contributed by atoms with van der Waals surface area (Å²) in [5.41, 5.74) is 2.63. The number of rotatable bonds is 4. The first-order chi connectivity index (χ1) is 13.7. The molecule has 1 aromatic heterocycles. The van der Waals surface area contributed by atoms with E-state index in [-0.39, 0.29) is 0 Å². The van der Waals surface area contributed by atoms with Gasteiger partial charge in [-0.15, -0.1) is 0 Å². The molecule has 3 aliphatic heterocycles. The predicted molar refractivity (Wildman–Crippen MR) is 109 cm³/mol. The van der Waals surface area contributed by atoms with E-state index in [9.17, 15) is 4.79 Å². The fourth-order valence-corrected chi connectivity index (χ4v) is 5.90. The summed E-state index contributed by atoms with van der Waals surface area (Å²) in [4.78, 5) is 17.9. The lowest BCUT2D eigenvalue weighted by Gasteiger charge is -2.56. The Morgan fingerprint density at radius 2 is 1.93 bits per heavy atom. The maximum atomic E-state index is 12.9. The SMILES string of the molecule is Cn1nccc1CN1C[C@H]2C[C@@H](C1)[C@H](Cc1ccccc1)N1C(=O)CCC[C@@H]21. The van der Waals surface area contributed by atoms with Crippen molar-refractivity contribution in [2.45, 2.75) is 50.7 Å². The molecule has 1 amide bonds. The van der Waals surface area contributed by atoms with Gasteiger partial charge >= 0.3 is 0 Å². The van der Waals surface area contributed by atoms with Gasteiger partial charge in [-0.2, -0.15) is 5.10 Å². The van der Waals surface area contributed by atoms with Crippen LogP contribution in [0.2, 0.25) is 0 Å². The Bertz CT molecular complexity index is 832. The number of hydrogen-bond donors (Lipinski definition) is 0. The van der Waals surface area contributed by atoms with Crippen LogP contribution in [0.1, 0.15) is 36.9 Å². The van der Waals surface area contributed by atoms with Gasteiger partial charge in [-0.3, -0.25) is 14.4 Å². The molecule has 3 aliphatic rings. The van der Waals surface area contributed by atoms with Crippen LogP contribution in [0, 0.1) is 11.8 Å². The zero-order valence-electron chi connectivity index (χ0n) is 16.7. The van der Waals surface area contributed by atoms with Crippen LogP contribution in [0.4, 0.5) is 0 Å². The van der Waals surface area contributed by atoms with Gasteiger partial charge in [0, 0.05) is 51.4 Å². The zero-order valence-corrected chi connectivity index (χ0v) is 16.7. The summed E-state index contributed by atoms with van der Waals surface area (Å²) >= 11 is 0. The Morgan fingerprint density at radius 3 is 2.71 bits per heavy atom. The van der Waals surface area contributed by atoms with Crippen LogP contribution in [-0.2, 0) is 24.8 Å². The molecule has 0 unspecified atom stereocenters. The summed E-state index contributed by atoms with van der Waals surface area (Å²) in [7, 11) is 2.03. The highest BCUT2D eigenvalue weighted by atomic mass is 16.2. The van der Waals surface area contributed by atoms with Crippen molar-refractivity contribution in [2.75, 3.05) is 13.1 Å². The molecule has 2 aromatic rings. The zero-order chi connectivity index (χ0) is 19.1. The summed E-state index contributed by atoms with van der Waals surface area (Å²) in [5.74, 6) is 1.57. The number of fused-ring (bicyclic) bond motifs is 4. The summed E-state index contributed by atoms with van der Waals surface area (Å²) in [5, 5.41) is 4.34. The van der Waals surface area contributed by atoms with E-state index in [4.69, 9.17) is 0 Å². The normalized spacial score (nSPS) is 30.3. The quantitative estimate of drug-likeness (QED) is 0.822. The van der Waals surface area contributed by atoms with Crippen molar-refractivity contribution in [1.82, 2.24) is 19.6 Å². The summed E-state index contributed by atoms with van der Waals surface area (Å²) in [6.07, 6.45) is 7.11. The van der Waals surface area contributed by atoms with Crippen LogP contribution in [-0.4, -0.2) is 50.7 Å². The molecule has 0 saturated carbocycles. The van der Waals surface area contributed by atoms with Crippen molar-refractivity contribution in [3.05, 3.63) is 53.9 Å². The van der Waals surface area contributed by atoms with E-state index < -0.39 is 0 Å². The fourth-order valence-electron chi connectivity index (χ4n) is 5.90. The number of hydrogen-bond acceptors (Lipinski definition) is 3. The summed E-state index contributed by atoms with van der Waals surface area (Å²) in [6.45, 7) is 3.14. The number of piperidine rings is 3. The molecule has 3 fully saturated rings. The number of nitrogens with zero attached hydrogens (tertiary/aromatic N) is 4. The number of benzene rings is 1.